The molecule has 4 rings (SSSR count). The molecule has 2 heterocycles. The van der Waals surface area contributed by atoms with Crippen LogP contribution in [0.4, 0.5) is 5.69 Å². The van der Waals surface area contributed by atoms with Crippen molar-refractivity contribution in [3.63, 3.8) is 0 Å². The van der Waals surface area contributed by atoms with Gasteiger partial charge in [-0.1, -0.05) is 35.5 Å². The van der Waals surface area contributed by atoms with Crippen molar-refractivity contribution in [3.05, 3.63) is 71.9 Å². The first-order chi connectivity index (χ1) is 15.1. The van der Waals surface area contributed by atoms with Crippen LogP contribution in [-0.4, -0.2) is 33.9 Å². The zero-order valence-electron chi connectivity index (χ0n) is 16.3. The Morgan fingerprint density at radius 1 is 1.10 bits per heavy atom. The summed E-state index contributed by atoms with van der Waals surface area (Å²) in [6.45, 7) is 0.107. The van der Waals surface area contributed by atoms with E-state index in [-0.39, 0.29) is 25.5 Å². The van der Waals surface area contributed by atoms with E-state index in [1.165, 1.54) is 0 Å². The second-order valence-corrected chi connectivity index (χ2v) is 6.75. The summed E-state index contributed by atoms with van der Waals surface area (Å²) in [5.74, 6) is -0.138. The molecule has 0 saturated heterocycles. The topological polar surface area (TPSA) is 135 Å². The smallest absolute Gasteiger partial charge is 0.254 e. The molecule has 10 nitrogen and oxygen atoms in total. The lowest BCUT2D eigenvalue weighted by Gasteiger charge is -2.13. The number of nitrogens with zero attached hydrogens (tertiary/aromatic N) is 2. The average molecular weight is 421 g/mol. The quantitative estimate of drug-likeness (QED) is 0.525. The Morgan fingerprint density at radius 2 is 1.87 bits per heavy atom. The number of carbonyl (C=O) groups is 3. The molecule has 0 aliphatic carbocycles. The zero-order chi connectivity index (χ0) is 21.6. The van der Waals surface area contributed by atoms with E-state index in [4.69, 9.17) is 9.26 Å². The largest absolute Gasteiger partial charge is 0.485 e. The van der Waals surface area contributed by atoms with E-state index < -0.39 is 23.8 Å². The second-order valence-electron chi connectivity index (χ2n) is 6.75. The van der Waals surface area contributed by atoms with Crippen LogP contribution < -0.4 is 20.7 Å². The summed E-state index contributed by atoms with van der Waals surface area (Å²) in [4.78, 5) is 41.1. The van der Waals surface area contributed by atoms with Crippen molar-refractivity contribution in [2.24, 2.45) is 0 Å². The Bertz CT molecular complexity index is 1100. The maximum Gasteiger partial charge on any atom is 0.254 e. The van der Waals surface area contributed by atoms with Gasteiger partial charge in [0.05, 0.1) is 24.2 Å². The Hall–Kier alpha value is -4.21. The van der Waals surface area contributed by atoms with Crippen LogP contribution in [0.1, 0.15) is 28.5 Å². The highest BCUT2D eigenvalue weighted by atomic mass is 16.5. The Kier molecular flexibility index (Phi) is 5.88. The number of fused-ring (bicyclic) bond motifs is 1. The number of hydrogen-bond acceptors (Lipinski definition) is 7. The van der Waals surface area contributed by atoms with E-state index in [2.05, 4.69) is 26.1 Å². The van der Waals surface area contributed by atoms with Crippen molar-refractivity contribution in [2.45, 2.75) is 25.6 Å². The molecule has 1 aliphatic heterocycles. The minimum absolute atomic E-state index is 0.0142. The van der Waals surface area contributed by atoms with Gasteiger partial charge in [0, 0.05) is 0 Å². The molecule has 31 heavy (non-hydrogen) atoms. The average Bonchev–Trinajstić information content (AvgIpc) is 3.20. The van der Waals surface area contributed by atoms with Gasteiger partial charge in [0.15, 0.2) is 6.61 Å². The van der Waals surface area contributed by atoms with E-state index >= 15 is 0 Å². The standard InChI is InChI=1S/C21H19N5O5/c27-18(10-16-21(29)23-15-9-5-4-8-14(15)20(28)24-16)22-11-19-25-17(26-31-19)12-30-13-6-2-1-3-7-13/h1-9,16H,10-12H2,(H,22,27)(H,23,29)(H,24,28)/t16-/m0/s1. The highest BCUT2D eigenvalue weighted by Crippen LogP contribution is 2.18. The van der Waals surface area contributed by atoms with Gasteiger partial charge in [-0.15, -0.1) is 0 Å². The number of rotatable bonds is 7. The number of anilines is 1. The van der Waals surface area contributed by atoms with Crippen LogP contribution in [-0.2, 0) is 22.7 Å². The van der Waals surface area contributed by atoms with Gasteiger partial charge < -0.3 is 25.2 Å². The van der Waals surface area contributed by atoms with Gasteiger partial charge in [0.1, 0.15) is 11.8 Å². The van der Waals surface area contributed by atoms with E-state index in [1.807, 2.05) is 30.3 Å². The van der Waals surface area contributed by atoms with Crippen LogP contribution in [0.3, 0.4) is 0 Å². The molecule has 0 saturated carbocycles. The molecule has 0 unspecified atom stereocenters. The monoisotopic (exact) mass is 421 g/mol. The van der Waals surface area contributed by atoms with Crippen LogP contribution in [0.25, 0.3) is 0 Å². The zero-order valence-corrected chi connectivity index (χ0v) is 16.3. The Labute approximate surface area is 177 Å². The number of ether oxygens (including phenoxy) is 1. The highest BCUT2D eigenvalue weighted by molar-refractivity contribution is 6.10. The fourth-order valence-corrected chi connectivity index (χ4v) is 2.97. The van der Waals surface area contributed by atoms with Crippen LogP contribution in [0.2, 0.25) is 0 Å². The molecule has 1 aromatic heterocycles. The summed E-state index contributed by atoms with van der Waals surface area (Å²) in [5.41, 5.74) is 0.749. The first kappa shape index (κ1) is 20.1. The van der Waals surface area contributed by atoms with Crippen molar-refractivity contribution in [1.29, 1.82) is 0 Å². The lowest BCUT2D eigenvalue weighted by molar-refractivity contribution is -0.125. The van der Waals surface area contributed by atoms with Crippen LogP contribution in [0.15, 0.2) is 59.1 Å². The van der Waals surface area contributed by atoms with Crippen LogP contribution >= 0.6 is 0 Å². The minimum atomic E-state index is -1.00. The summed E-state index contributed by atoms with van der Waals surface area (Å²) in [6, 6.07) is 14.8. The Morgan fingerprint density at radius 3 is 2.71 bits per heavy atom. The van der Waals surface area contributed by atoms with Crippen molar-refractivity contribution in [3.8, 4) is 5.75 Å². The van der Waals surface area contributed by atoms with E-state index in [0.717, 1.165) is 0 Å². The normalized spacial score (nSPS) is 15.3. The number of benzene rings is 2. The molecule has 2 aromatic carbocycles. The number of hydrogen-bond donors (Lipinski definition) is 3. The number of carbonyl (C=O) groups excluding carboxylic acids is 3. The van der Waals surface area contributed by atoms with E-state index in [0.29, 0.717) is 22.8 Å². The number of amides is 3. The third kappa shape index (κ3) is 5.04. The molecule has 0 spiro atoms. The molecule has 3 N–H and O–H groups in total. The van der Waals surface area contributed by atoms with Crippen molar-refractivity contribution in [2.75, 3.05) is 5.32 Å². The minimum Gasteiger partial charge on any atom is -0.485 e. The molecule has 10 heteroatoms. The summed E-state index contributed by atoms with van der Waals surface area (Å²) >= 11 is 0. The first-order valence-corrected chi connectivity index (χ1v) is 9.55. The summed E-state index contributed by atoms with van der Waals surface area (Å²) in [7, 11) is 0. The van der Waals surface area contributed by atoms with Crippen LogP contribution in [0.5, 0.6) is 5.75 Å². The van der Waals surface area contributed by atoms with E-state index in [9.17, 15) is 14.4 Å². The summed E-state index contributed by atoms with van der Waals surface area (Å²) < 4.78 is 10.6. The fourth-order valence-electron chi connectivity index (χ4n) is 2.97. The van der Waals surface area contributed by atoms with Crippen molar-refractivity contribution >= 4 is 23.4 Å². The highest BCUT2D eigenvalue weighted by Gasteiger charge is 2.29. The maximum absolute atomic E-state index is 12.4. The maximum atomic E-state index is 12.4. The summed E-state index contributed by atoms with van der Waals surface area (Å²) in [6.07, 6.45) is -0.232. The van der Waals surface area contributed by atoms with Crippen LogP contribution in [0, 0.1) is 0 Å². The fraction of sp³-hybridized carbons (Fsp3) is 0.190. The van der Waals surface area contributed by atoms with Gasteiger partial charge in [-0.3, -0.25) is 14.4 Å². The molecule has 0 fully saturated rings. The van der Waals surface area contributed by atoms with Gasteiger partial charge >= 0.3 is 0 Å². The van der Waals surface area contributed by atoms with Crippen molar-refractivity contribution < 1.29 is 23.6 Å². The molecule has 1 aliphatic rings. The predicted octanol–water partition coefficient (Wildman–Crippen LogP) is 1.41. The molecule has 1 atom stereocenters. The lowest BCUT2D eigenvalue weighted by atomic mass is 10.1. The molecular formula is C21H19N5O5. The number of aromatic nitrogens is 2. The molecule has 0 radical (unpaired) electrons. The number of nitrogens with one attached hydrogen (secondary N) is 3. The number of para-hydroxylation sites is 2. The first-order valence-electron chi connectivity index (χ1n) is 9.55. The van der Waals surface area contributed by atoms with Gasteiger partial charge in [-0.05, 0) is 24.3 Å². The predicted molar refractivity (Wildman–Crippen MR) is 108 cm³/mol. The lowest BCUT2D eigenvalue weighted by Crippen LogP contribution is -2.44. The molecule has 158 valence electrons. The molecule has 0 bridgehead atoms. The van der Waals surface area contributed by atoms with Gasteiger partial charge in [0.2, 0.25) is 23.5 Å². The molecule has 3 aromatic rings. The van der Waals surface area contributed by atoms with Gasteiger partial charge in [-0.2, -0.15) is 4.98 Å². The summed E-state index contributed by atoms with van der Waals surface area (Å²) in [5, 5.41) is 11.6. The van der Waals surface area contributed by atoms with Gasteiger partial charge in [-0.25, -0.2) is 0 Å². The third-order valence-electron chi connectivity index (χ3n) is 4.50. The third-order valence-corrected chi connectivity index (χ3v) is 4.50. The molecule has 3 amide bonds. The second kappa shape index (κ2) is 9.08. The Balaban J connectivity index is 1.27. The van der Waals surface area contributed by atoms with Gasteiger partial charge in [0.25, 0.3) is 5.91 Å². The SMILES string of the molecule is O=C(C[C@@H]1NC(=O)c2ccccc2NC1=O)NCc1nc(COc2ccccc2)no1. The van der Waals surface area contributed by atoms with Crippen molar-refractivity contribution in [1.82, 2.24) is 20.8 Å². The molecular weight excluding hydrogens is 402 g/mol. The van der Waals surface area contributed by atoms with E-state index in [1.54, 1.807) is 24.3 Å².